The zero-order valence-electron chi connectivity index (χ0n) is 11.1. The van der Waals surface area contributed by atoms with Crippen molar-refractivity contribution in [3.63, 3.8) is 0 Å². The van der Waals surface area contributed by atoms with Gasteiger partial charge in [0.15, 0.2) is 0 Å². The number of pyridine rings is 1. The molecule has 0 aliphatic heterocycles. The number of hydrogen-bond acceptors (Lipinski definition) is 3. The first-order valence-electron chi connectivity index (χ1n) is 5.98. The van der Waals surface area contributed by atoms with E-state index in [-0.39, 0.29) is 17.3 Å². The Balaban J connectivity index is 3.05. The summed E-state index contributed by atoms with van der Waals surface area (Å²) in [5.74, 6) is -0.465. The zero-order valence-corrected chi connectivity index (χ0v) is 11.8. The summed E-state index contributed by atoms with van der Waals surface area (Å²) in [5.41, 5.74) is -0.184. The second kappa shape index (κ2) is 6.78. The molecule has 1 amide bonds. The number of alkyl halides is 3. The number of amides is 1. The molecule has 8 heteroatoms. The number of hydrogen-bond donors (Lipinski definition) is 1. The van der Waals surface area contributed by atoms with Crippen molar-refractivity contribution >= 4 is 23.3 Å². The van der Waals surface area contributed by atoms with E-state index in [0.29, 0.717) is 17.1 Å². The molecule has 0 unspecified atom stereocenters. The van der Waals surface area contributed by atoms with Crippen LogP contribution >= 0.6 is 11.6 Å². The van der Waals surface area contributed by atoms with Crippen molar-refractivity contribution in [3.05, 3.63) is 22.8 Å². The van der Waals surface area contributed by atoms with Gasteiger partial charge >= 0.3 is 6.18 Å². The van der Waals surface area contributed by atoms with Crippen LogP contribution in [0.2, 0.25) is 5.02 Å². The highest BCUT2D eigenvalue weighted by atomic mass is 35.5. The molecule has 20 heavy (non-hydrogen) atoms. The van der Waals surface area contributed by atoms with Crippen molar-refractivity contribution in [2.45, 2.75) is 19.5 Å². The Morgan fingerprint density at radius 2 is 2.10 bits per heavy atom. The molecule has 112 valence electrons. The third kappa shape index (κ3) is 4.56. The molecule has 1 aromatic rings. The van der Waals surface area contributed by atoms with Crippen LogP contribution in [0.15, 0.2) is 12.1 Å². The number of carbonyl (C=O) groups excluding carboxylic acids is 1. The van der Waals surface area contributed by atoms with E-state index in [1.807, 2.05) is 0 Å². The minimum atomic E-state index is -4.46. The van der Waals surface area contributed by atoms with Gasteiger partial charge in [-0.25, -0.2) is 4.98 Å². The summed E-state index contributed by atoms with van der Waals surface area (Å²) in [6.45, 7) is 0.358. The highest BCUT2D eigenvalue weighted by molar-refractivity contribution is 6.33. The van der Waals surface area contributed by atoms with Gasteiger partial charge in [0.25, 0.3) is 5.91 Å². The summed E-state index contributed by atoms with van der Waals surface area (Å²) in [4.78, 5) is 16.8. The fourth-order valence-electron chi connectivity index (χ4n) is 1.62. The predicted molar refractivity (Wildman–Crippen MR) is 71.0 cm³/mol. The van der Waals surface area contributed by atoms with E-state index in [2.05, 4.69) is 10.3 Å². The zero-order chi connectivity index (χ0) is 15.3. The molecule has 4 nitrogen and oxygen atoms in total. The molecular formula is C12H15ClF3N3O. The maximum absolute atomic E-state index is 12.5. The Morgan fingerprint density at radius 1 is 1.45 bits per heavy atom. The molecule has 0 aromatic carbocycles. The lowest BCUT2D eigenvalue weighted by atomic mass is 10.2. The number of nitrogens with zero attached hydrogens (tertiary/aromatic N) is 2. The van der Waals surface area contributed by atoms with Crippen LogP contribution in [0, 0.1) is 0 Å². The van der Waals surface area contributed by atoms with Gasteiger partial charge in [0.1, 0.15) is 18.1 Å². The van der Waals surface area contributed by atoms with Gasteiger partial charge in [-0.1, -0.05) is 18.5 Å². The molecule has 0 bridgehead atoms. The molecule has 0 saturated carbocycles. The van der Waals surface area contributed by atoms with Gasteiger partial charge in [0, 0.05) is 13.6 Å². The Labute approximate surface area is 119 Å². The second-order valence-electron chi connectivity index (χ2n) is 4.12. The van der Waals surface area contributed by atoms with E-state index >= 15 is 0 Å². The lowest BCUT2D eigenvalue weighted by Gasteiger charge is -2.23. The Bertz CT molecular complexity index is 480. The van der Waals surface area contributed by atoms with Gasteiger partial charge in [-0.2, -0.15) is 13.2 Å². The van der Waals surface area contributed by atoms with Crippen molar-refractivity contribution in [2.24, 2.45) is 0 Å². The fraction of sp³-hybridized carbons (Fsp3) is 0.500. The molecule has 1 aromatic heterocycles. The monoisotopic (exact) mass is 309 g/mol. The smallest absolute Gasteiger partial charge is 0.373 e. The van der Waals surface area contributed by atoms with Crippen LogP contribution in [0.4, 0.5) is 19.0 Å². The molecule has 0 spiro atoms. The summed E-state index contributed by atoms with van der Waals surface area (Å²) >= 11 is 5.84. The number of anilines is 1. The first-order valence-corrected chi connectivity index (χ1v) is 6.36. The molecule has 1 heterocycles. The van der Waals surface area contributed by atoms with Crippen molar-refractivity contribution in [3.8, 4) is 0 Å². The molecule has 0 aliphatic carbocycles. The minimum absolute atomic E-state index is 0.0138. The first-order chi connectivity index (χ1) is 9.28. The molecule has 1 rings (SSSR count). The third-order valence-electron chi connectivity index (χ3n) is 2.46. The molecule has 0 saturated heterocycles. The van der Waals surface area contributed by atoms with E-state index < -0.39 is 18.6 Å². The Hall–Kier alpha value is -1.50. The van der Waals surface area contributed by atoms with E-state index in [1.165, 1.54) is 12.1 Å². The average molecular weight is 310 g/mol. The SMILES string of the molecule is CCCN(CC(F)(F)F)C(=O)c1nc(NC)ccc1Cl. The Morgan fingerprint density at radius 3 is 2.60 bits per heavy atom. The standard InChI is InChI=1S/C12H15ClF3N3O/c1-3-6-19(7-12(14,15)16)11(20)10-8(13)4-5-9(17-2)18-10/h4-5H,3,6-7H2,1-2H3,(H,17,18). The summed E-state index contributed by atoms with van der Waals surface area (Å²) < 4.78 is 37.5. The second-order valence-corrected chi connectivity index (χ2v) is 4.53. The number of nitrogens with one attached hydrogen (secondary N) is 1. The van der Waals surface area contributed by atoms with E-state index in [1.54, 1.807) is 14.0 Å². The van der Waals surface area contributed by atoms with E-state index in [0.717, 1.165) is 0 Å². The number of aromatic nitrogens is 1. The number of rotatable bonds is 5. The molecule has 0 radical (unpaired) electrons. The molecular weight excluding hydrogens is 295 g/mol. The lowest BCUT2D eigenvalue weighted by molar-refractivity contribution is -0.140. The molecule has 0 atom stereocenters. The van der Waals surface area contributed by atoms with Crippen LogP contribution < -0.4 is 5.32 Å². The minimum Gasteiger partial charge on any atom is -0.373 e. The van der Waals surface area contributed by atoms with Gasteiger partial charge in [-0.3, -0.25) is 4.79 Å². The van der Waals surface area contributed by atoms with Gasteiger partial charge < -0.3 is 10.2 Å². The van der Waals surface area contributed by atoms with Crippen LogP contribution in [-0.2, 0) is 0 Å². The van der Waals surface area contributed by atoms with Crippen molar-refractivity contribution in [2.75, 3.05) is 25.5 Å². The normalized spacial score (nSPS) is 11.3. The maximum atomic E-state index is 12.5. The highest BCUT2D eigenvalue weighted by Crippen LogP contribution is 2.22. The van der Waals surface area contributed by atoms with Crippen molar-refractivity contribution in [1.29, 1.82) is 0 Å². The van der Waals surface area contributed by atoms with Gasteiger partial charge in [-0.15, -0.1) is 0 Å². The van der Waals surface area contributed by atoms with Crippen LogP contribution in [0.1, 0.15) is 23.8 Å². The summed E-state index contributed by atoms with van der Waals surface area (Å²) in [6, 6.07) is 2.96. The van der Waals surface area contributed by atoms with Crippen molar-refractivity contribution in [1.82, 2.24) is 9.88 Å². The van der Waals surface area contributed by atoms with Crippen LogP contribution in [0.25, 0.3) is 0 Å². The highest BCUT2D eigenvalue weighted by Gasteiger charge is 2.34. The summed E-state index contributed by atoms with van der Waals surface area (Å²) in [5, 5.41) is 2.73. The summed E-state index contributed by atoms with van der Waals surface area (Å²) in [7, 11) is 1.59. The van der Waals surface area contributed by atoms with Crippen molar-refractivity contribution < 1.29 is 18.0 Å². The average Bonchev–Trinajstić information content (AvgIpc) is 2.36. The number of halogens is 4. The van der Waals surface area contributed by atoms with Gasteiger partial charge in [0.2, 0.25) is 0 Å². The fourth-order valence-corrected chi connectivity index (χ4v) is 1.81. The lowest BCUT2D eigenvalue weighted by Crippen LogP contribution is -2.40. The van der Waals surface area contributed by atoms with Crippen LogP contribution in [-0.4, -0.2) is 42.1 Å². The van der Waals surface area contributed by atoms with Crippen LogP contribution in [0.3, 0.4) is 0 Å². The molecule has 0 aliphatic rings. The Kier molecular flexibility index (Phi) is 5.62. The predicted octanol–water partition coefficient (Wildman–Crippen LogP) is 3.19. The van der Waals surface area contributed by atoms with Gasteiger partial charge in [0.05, 0.1) is 5.02 Å². The molecule has 1 N–H and O–H groups in total. The summed E-state index contributed by atoms with van der Waals surface area (Å²) in [6.07, 6.45) is -4.05. The van der Waals surface area contributed by atoms with E-state index in [9.17, 15) is 18.0 Å². The van der Waals surface area contributed by atoms with Crippen LogP contribution in [0.5, 0.6) is 0 Å². The maximum Gasteiger partial charge on any atom is 0.406 e. The van der Waals surface area contributed by atoms with E-state index in [4.69, 9.17) is 11.6 Å². The van der Waals surface area contributed by atoms with Gasteiger partial charge in [-0.05, 0) is 18.6 Å². The quantitative estimate of drug-likeness (QED) is 0.908. The third-order valence-corrected chi connectivity index (χ3v) is 2.76. The first kappa shape index (κ1) is 16.6. The topological polar surface area (TPSA) is 45.2 Å². The number of carbonyl (C=O) groups is 1. The molecule has 0 fully saturated rings. The largest absolute Gasteiger partial charge is 0.406 e.